The minimum atomic E-state index is -0.278. The standard InChI is InChI=1S/C26H30N8O2/c1-36-16-3-2-15-13-26(23(28)17(15)12-16)7-10-33(11-8-26)21-14-30-22(24(29)32-21)25(35)34-9-6-18-19(34)4-5-20(27)31-18/h2-5,12,14,23H,6-11,13,28H2,1H3,(H2,27,31)(H2,29,32)/t23-/m1/s1. The van der Waals surface area contributed by atoms with Crippen LogP contribution in [-0.4, -0.2) is 47.6 Å². The molecule has 0 bridgehead atoms. The van der Waals surface area contributed by atoms with Crippen molar-refractivity contribution < 1.29 is 9.53 Å². The molecule has 1 saturated heterocycles. The maximum Gasteiger partial charge on any atom is 0.280 e. The highest BCUT2D eigenvalue weighted by Gasteiger charge is 2.46. The van der Waals surface area contributed by atoms with Gasteiger partial charge in [0.1, 0.15) is 17.4 Å². The van der Waals surface area contributed by atoms with E-state index in [9.17, 15) is 4.79 Å². The summed E-state index contributed by atoms with van der Waals surface area (Å²) in [5.41, 5.74) is 23.0. The van der Waals surface area contributed by atoms with E-state index in [1.807, 2.05) is 12.1 Å². The smallest absolute Gasteiger partial charge is 0.280 e. The number of nitrogen functional groups attached to an aromatic ring is 2. The van der Waals surface area contributed by atoms with Crippen molar-refractivity contribution in [3.05, 3.63) is 59.0 Å². The second kappa shape index (κ2) is 8.34. The molecule has 6 rings (SSSR count). The Kier molecular flexibility index (Phi) is 5.22. The van der Waals surface area contributed by atoms with Crippen LogP contribution in [0.3, 0.4) is 0 Å². The molecule has 3 aromatic rings. The van der Waals surface area contributed by atoms with Crippen molar-refractivity contribution >= 4 is 29.0 Å². The summed E-state index contributed by atoms with van der Waals surface area (Å²) in [7, 11) is 1.68. The van der Waals surface area contributed by atoms with Gasteiger partial charge in [-0.15, -0.1) is 0 Å². The molecular formula is C26H30N8O2. The van der Waals surface area contributed by atoms with Crippen LogP contribution in [0, 0.1) is 5.41 Å². The zero-order valence-corrected chi connectivity index (χ0v) is 20.3. The zero-order valence-electron chi connectivity index (χ0n) is 20.3. The van der Waals surface area contributed by atoms with Crippen LogP contribution in [0.15, 0.2) is 36.5 Å². The number of carbonyl (C=O) groups excluding carboxylic acids is 1. The van der Waals surface area contributed by atoms with Crippen molar-refractivity contribution in [1.82, 2.24) is 15.0 Å². The highest BCUT2D eigenvalue weighted by molar-refractivity contribution is 6.08. The monoisotopic (exact) mass is 486 g/mol. The van der Waals surface area contributed by atoms with Crippen LogP contribution >= 0.6 is 0 Å². The fourth-order valence-corrected chi connectivity index (χ4v) is 5.97. The highest BCUT2D eigenvalue weighted by atomic mass is 16.5. The Morgan fingerprint density at radius 3 is 2.67 bits per heavy atom. The van der Waals surface area contributed by atoms with Gasteiger partial charge >= 0.3 is 0 Å². The third kappa shape index (κ3) is 3.51. The number of pyridine rings is 1. The Morgan fingerprint density at radius 1 is 1.11 bits per heavy atom. The number of fused-ring (bicyclic) bond motifs is 2. The van der Waals surface area contributed by atoms with Crippen LogP contribution in [0.4, 0.5) is 23.1 Å². The molecule has 0 radical (unpaired) electrons. The maximum atomic E-state index is 13.2. The molecule has 10 nitrogen and oxygen atoms in total. The molecule has 1 aliphatic carbocycles. The van der Waals surface area contributed by atoms with Gasteiger partial charge in [-0.25, -0.2) is 15.0 Å². The van der Waals surface area contributed by atoms with Crippen molar-refractivity contribution in [2.75, 3.05) is 48.0 Å². The summed E-state index contributed by atoms with van der Waals surface area (Å²) < 4.78 is 5.40. The minimum Gasteiger partial charge on any atom is -0.497 e. The van der Waals surface area contributed by atoms with Crippen LogP contribution in [0.25, 0.3) is 0 Å². The van der Waals surface area contributed by atoms with Gasteiger partial charge < -0.3 is 31.7 Å². The molecule has 6 N–H and O–H groups in total. The summed E-state index contributed by atoms with van der Waals surface area (Å²) in [6, 6.07) is 9.71. The molecule has 36 heavy (non-hydrogen) atoms. The van der Waals surface area contributed by atoms with Gasteiger partial charge in [-0.3, -0.25) is 4.79 Å². The molecule has 4 heterocycles. The summed E-state index contributed by atoms with van der Waals surface area (Å²) in [6.07, 6.45) is 5.14. The second-order valence-corrected chi connectivity index (χ2v) is 9.94. The van der Waals surface area contributed by atoms with Gasteiger partial charge in [0, 0.05) is 32.1 Å². The predicted octanol–water partition coefficient (Wildman–Crippen LogP) is 2.09. The molecule has 2 aliphatic heterocycles. The first-order valence-electron chi connectivity index (χ1n) is 12.3. The largest absolute Gasteiger partial charge is 0.497 e. The van der Waals surface area contributed by atoms with Crippen molar-refractivity contribution in [3.8, 4) is 5.75 Å². The van der Waals surface area contributed by atoms with E-state index >= 15 is 0 Å². The van der Waals surface area contributed by atoms with Gasteiger partial charge in [0.15, 0.2) is 11.5 Å². The molecule has 1 aromatic carbocycles. The zero-order chi connectivity index (χ0) is 25.0. The summed E-state index contributed by atoms with van der Waals surface area (Å²) in [6.45, 7) is 2.11. The molecule has 0 unspecified atom stereocenters. The third-order valence-corrected chi connectivity index (χ3v) is 8.04. The van der Waals surface area contributed by atoms with Crippen LogP contribution in [0.1, 0.15) is 46.2 Å². The Balaban J connectivity index is 1.16. The number of ether oxygens (including phenoxy) is 1. The van der Waals surface area contributed by atoms with E-state index in [2.05, 4.69) is 32.0 Å². The van der Waals surface area contributed by atoms with E-state index in [-0.39, 0.29) is 28.9 Å². The van der Waals surface area contributed by atoms with Crippen LogP contribution in [-0.2, 0) is 12.8 Å². The number of carbonyl (C=O) groups is 1. The van der Waals surface area contributed by atoms with E-state index in [1.54, 1.807) is 24.3 Å². The number of hydrogen-bond acceptors (Lipinski definition) is 9. The topological polar surface area (TPSA) is 150 Å². The van der Waals surface area contributed by atoms with E-state index in [1.165, 1.54) is 11.1 Å². The fourth-order valence-electron chi connectivity index (χ4n) is 5.97. The lowest BCUT2D eigenvalue weighted by Crippen LogP contribution is -2.44. The first kappa shape index (κ1) is 22.5. The number of rotatable bonds is 3. The highest BCUT2D eigenvalue weighted by Crippen LogP contribution is 2.51. The number of piperidine rings is 1. The Morgan fingerprint density at radius 2 is 1.92 bits per heavy atom. The van der Waals surface area contributed by atoms with Gasteiger partial charge in [-0.2, -0.15) is 0 Å². The number of aromatic nitrogens is 3. The molecule has 1 spiro atoms. The van der Waals surface area contributed by atoms with E-state index in [0.717, 1.165) is 49.5 Å². The number of hydrogen-bond donors (Lipinski definition) is 3. The first-order chi connectivity index (χ1) is 17.4. The van der Waals surface area contributed by atoms with Gasteiger partial charge in [0.25, 0.3) is 5.91 Å². The Hall–Kier alpha value is -3.92. The summed E-state index contributed by atoms with van der Waals surface area (Å²) in [5, 5.41) is 0. The average molecular weight is 487 g/mol. The average Bonchev–Trinajstić information content (AvgIpc) is 3.42. The lowest BCUT2D eigenvalue weighted by atomic mass is 9.73. The predicted molar refractivity (Wildman–Crippen MR) is 138 cm³/mol. The van der Waals surface area contributed by atoms with Gasteiger partial charge in [-0.05, 0) is 60.1 Å². The maximum absolute atomic E-state index is 13.2. The number of methoxy groups -OCH3 is 1. The second-order valence-electron chi connectivity index (χ2n) is 9.94. The summed E-state index contributed by atoms with van der Waals surface area (Å²) >= 11 is 0. The van der Waals surface area contributed by atoms with Crippen LogP contribution in [0.2, 0.25) is 0 Å². The molecule has 10 heteroatoms. The normalized spacial score (nSPS) is 19.9. The van der Waals surface area contributed by atoms with Gasteiger partial charge in [0.2, 0.25) is 0 Å². The minimum absolute atomic E-state index is 0.0194. The number of amides is 1. The van der Waals surface area contributed by atoms with E-state index in [0.29, 0.717) is 24.6 Å². The summed E-state index contributed by atoms with van der Waals surface area (Å²) in [4.78, 5) is 30.4. The SMILES string of the molecule is COc1ccc2c(c1)[C@@H](N)C1(CCN(c3cnc(C(=O)N4CCc5nc(N)ccc54)c(N)n3)CC1)C2. The molecule has 1 atom stereocenters. The first-order valence-corrected chi connectivity index (χ1v) is 12.3. The number of anilines is 4. The van der Waals surface area contributed by atoms with Gasteiger partial charge in [-0.1, -0.05) is 6.07 Å². The van der Waals surface area contributed by atoms with E-state index in [4.69, 9.17) is 21.9 Å². The van der Waals surface area contributed by atoms with Crippen molar-refractivity contribution in [1.29, 1.82) is 0 Å². The van der Waals surface area contributed by atoms with E-state index < -0.39 is 0 Å². The quantitative estimate of drug-likeness (QED) is 0.506. The van der Waals surface area contributed by atoms with Crippen molar-refractivity contribution in [2.45, 2.75) is 31.7 Å². The third-order valence-electron chi connectivity index (χ3n) is 8.04. The van der Waals surface area contributed by atoms with Crippen LogP contribution in [0.5, 0.6) is 5.75 Å². The van der Waals surface area contributed by atoms with Crippen molar-refractivity contribution in [2.24, 2.45) is 11.1 Å². The summed E-state index contributed by atoms with van der Waals surface area (Å²) in [5.74, 6) is 1.82. The molecule has 186 valence electrons. The molecular weight excluding hydrogens is 456 g/mol. The van der Waals surface area contributed by atoms with Crippen molar-refractivity contribution in [3.63, 3.8) is 0 Å². The molecule has 1 fully saturated rings. The lowest BCUT2D eigenvalue weighted by Gasteiger charge is -2.42. The van der Waals surface area contributed by atoms with Crippen LogP contribution < -0.4 is 31.7 Å². The molecule has 0 saturated carbocycles. The van der Waals surface area contributed by atoms with Gasteiger partial charge in [0.05, 0.1) is 24.7 Å². The molecule has 2 aromatic heterocycles. The number of nitrogens with zero attached hydrogens (tertiary/aromatic N) is 5. The number of benzene rings is 1. The Labute approximate surface area is 209 Å². The lowest BCUT2D eigenvalue weighted by molar-refractivity contribution is 0.0985. The Bertz CT molecular complexity index is 1350. The number of nitrogens with two attached hydrogens (primary N) is 3. The molecule has 3 aliphatic rings. The molecule has 1 amide bonds. The fraction of sp³-hybridized carbons (Fsp3) is 0.385.